The third kappa shape index (κ3) is 8.22. The summed E-state index contributed by atoms with van der Waals surface area (Å²) in [5.41, 5.74) is 0. The molecule has 106 valence electrons. The molecule has 1 aromatic carbocycles. The number of nitrogens with zero attached hydrogens (tertiary/aromatic N) is 1. The van der Waals surface area contributed by atoms with Crippen molar-refractivity contribution in [1.29, 1.82) is 0 Å². The molecular weight excluding hydrogens is 274 g/mol. The SMILES string of the molecule is CN(C)C(=O)SCCCCCCSc1ccccc1. The van der Waals surface area contributed by atoms with E-state index in [2.05, 4.69) is 30.3 Å². The van der Waals surface area contributed by atoms with Crippen LogP contribution in [0.25, 0.3) is 0 Å². The van der Waals surface area contributed by atoms with Gasteiger partial charge in [-0.25, -0.2) is 0 Å². The lowest BCUT2D eigenvalue weighted by Gasteiger charge is -2.08. The Labute approximate surface area is 125 Å². The zero-order valence-electron chi connectivity index (χ0n) is 11.8. The first-order chi connectivity index (χ1) is 9.20. The first-order valence-electron chi connectivity index (χ1n) is 6.72. The van der Waals surface area contributed by atoms with E-state index < -0.39 is 0 Å². The van der Waals surface area contributed by atoms with Crippen molar-refractivity contribution in [1.82, 2.24) is 4.90 Å². The van der Waals surface area contributed by atoms with Gasteiger partial charge in [0.2, 0.25) is 0 Å². The van der Waals surface area contributed by atoms with E-state index in [1.807, 2.05) is 11.8 Å². The summed E-state index contributed by atoms with van der Waals surface area (Å²) in [6, 6.07) is 10.5. The molecule has 0 aliphatic rings. The van der Waals surface area contributed by atoms with Crippen LogP contribution in [0.4, 0.5) is 4.79 Å². The quantitative estimate of drug-likeness (QED) is 0.510. The Kier molecular flexibility index (Phi) is 8.84. The Hall–Kier alpha value is -0.610. The highest BCUT2D eigenvalue weighted by Crippen LogP contribution is 2.19. The number of carbonyl (C=O) groups is 1. The average Bonchev–Trinajstić information content (AvgIpc) is 2.42. The Balaban J connectivity index is 1.90. The molecule has 0 atom stereocenters. The van der Waals surface area contributed by atoms with Crippen LogP contribution in [0.15, 0.2) is 35.2 Å². The molecule has 0 saturated heterocycles. The number of rotatable bonds is 8. The first-order valence-corrected chi connectivity index (χ1v) is 8.69. The fourth-order valence-electron chi connectivity index (χ4n) is 1.55. The summed E-state index contributed by atoms with van der Waals surface area (Å²) >= 11 is 3.35. The molecule has 4 heteroatoms. The highest BCUT2D eigenvalue weighted by atomic mass is 32.2. The van der Waals surface area contributed by atoms with Crippen molar-refractivity contribution in [3.63, 3.8) is 0 Å². The van der Waals surface area contributed by atoms with E-state index in [1.165, 1.54) is 41.7 Å². The summed E-state index contributed by atoms with van der Waals surface area (Å²) in [4.78, 5) is 14.3. The fourth-order valence-corrected chi connectivity index (χ4v) is 3.27. The van der Waals surface area contributed by atoms with E-state index in [0.29, 0.717) is 0 Å². The maximum absolute atomic E-state index is 11.3. The van der Waals surface area contributed by atoms with Crippen LogP contribution in [0.5, 0.6) is 0 Å². The molecule has 0 heterocycles. The summed E-state index contributed by atoms with van der Waals surface area (Å²) in [5, 5.41) is 0.166. The van der Waals surface area contributed by atoms with Gasteiger partial charge in [-0.15, -0.1) is 11.8 Å². The smallest absolute Gasteiger partial charge is 0.281 e. The van der Waals surface area contributed by atoms with Crippen molar-refractivity contribution in [2.75, 3.05) is 25.6 Å². The maximum Gasteiger partial charge on any atom is 0.281 e. The van der Waals surface area contributed by atoms with Gasteiger partial charge in [0.1, 0.15) is 0 Å². The van der Waals surface area contributed by atoms with E-state index in [-0.39, 0.29) is 5.24 Å². The Morgan fingerprint density at radius 2 is 1.63 bits per heavy atom. The van der Waals surface area contributed by atoms with Gasteiger partial charge in [0, 0.05) is 24.7 Å². The van der Waals surface area contributed by atoms with Crippen molar-refractivity contribution in [2.24, 2.45) is 0 Å². The Bertz CT molecular complexity index is 354. The minimum Gasteiger partial charge on any atom is -0.340 e. The van der Waals surface area contributed by atoms with Gasteiger partial charge in [-0.3, -0.25) is 4.79 Å². The summed E-state index contributed by atoms with van der Waals surface area (Å²) in [6.07, 6.45) is 4.88. The standard InChI is InChI=1S/C15H23NOS2/c1-16(2)15(17)19-13-9-4-3-8-12-18-14-10-6-5-7-11-14/h5-7,10-11H,3-4,8-9,12-13H2,1-2H3. The van der Waals surface area contributed by atoms with E-state index >= 15 is 0 Å². The van der Waals surface area contributed by atoms with E-state index in [4.69, 9.17) is 0 Å². The van der Waals surface area contributed by atoms with Gasteiger partial charge < -0.3 is 4.90 Å². The Morgan fingerprint density at radius 1 is 1.00 bits per heavy atom. The van der Waals surface area contributed by atoms with Crippen LogP contribution in [-0.2, 0) is 0 Å². The van der Waals surface area contributed by atoms with E-state index in [9.17, 15) is 4.79 Å². The number of thioether (sulfide) groups is 2. The highest BCUT2D eigenvalue weighted by Gasteiger charge is 2.03. The van der Waals surface area contributed by atoms with E-state index in [0.717, 1.165) is 12.2 Å². The molecule has 1 amide bonds. The monoisotopic (exact) mass is 297 g/mol. The second kappa shape index (κ2) is 10.2. The van der Waals surface area contributed by atoms with Crippen molar-refractivity contribution in [3.8, 4) is 0 Å². The minimum absolute atomic E-state index is 0.166. The fraction of sp³-hybridized carbons (Fsp3) is 0.533. The first kappa shape index (κ1) is 16.4. The lowest BCUT2D eigenvalue weighted by Crippen LogP contribution is -2.16. The molecule has 0 aliphatic carbocycles. The van der Waals surface area contributed by atoms with Crippen LogP contribution in [-0.4, -0.2) is 35.7 Å². The molecule has 0 bridgehead atoms. The molecule has 2 nitrogen and oxygen atoms in total. The number of unbranched alkanes of at least 4 members (excludes halogenated alkanes) is 3. The topological polar surface area (TPSA) is 20.3 Å². The van der Waals surface area contributed by atoms with Gasteiger partial charge in [-0.2, -0.15) is 0 Å². The second-order valence-electron chi connectivity index (χ2n) is 4.58. The van der Waals surface area contributed by atoms with Crippen molar-refractivity contribution in [2.45, 2.75) is 30.6 Å². The van der Waals surface area contributed by atoms with Gasteiger partial charge in [0.15, 0.2) is 0 Å². The van der Waals surface area contributed by atoms with Crippen LogP contribution in [0.2, 0.25) is 0 Å². The molecular formula is C15H23NOS2. The zero-order valence-corrected chi connectivity index (χ0v) is 13.4. The average molecular weight is 297 g/mol. The molecule has 0 aliphatic heterocycles. The minimum atomic E-state index is 0.166. The molecule has 0 fully saturated rings. The lowest BCUT2D eigenvalue weighted by molar-refractivity contribution is 0.241. The molecule has 0 radical (unpaired) electrons. The largest absolute Gasteiger partial charge is 0.340 e. The van der Waals surface area contributed by atoms with Crippen molar-refractivity contribution < 1.29 is 4.79 Å². The number of carbonyl (C=O) groups excluding carboxylic acids is 1. The molecule has 0 N–H and O–H groups in total. The molecule has 0 saturated carbocycles. The number of hydrogen-bond acceptors (Lipinski definition) is 3. The van der Waals surface area contributed by atoms with Crippen molar-refractivity contribution in [3.05, 3.63) is 30.3 Å². The summed E-state index contributed by atoms with van der Waals surface area (Å²) < 4.78 is 0. The van der Waals surface area contributed by atoms with Crippen LogP contribution < -0.4 is 0 Å². The third-order valence-electron chi connectivity index (χ3n) is 2.64. The van der Waals surface area contributed by atoms with Gasteiger partial charge in [0.25, 0.3) is 5.24 Å². The molecule has 1 aromatic rings. The van der Waals surface area contributed by atoms with Crippen molar-refractivity contribution >= 4 is 28.8 Å². The van der Waals surface area contributed by atoms with Gasteiger partial charge >= 0.3 is 0 Å². The summed E-state index contributed by atoms with van der Waals surface area (Å²) in [7, 11) is 3.60. The predicted molar refractivity (Wildman–Crippen MR) is 87.2 cm³/mol. The van der Waals surface area contributed by atoms with Crippen LogP contribution >= 0.6 is 23.5 Å². The predicted octanol–water partition coefficient (Wildman–Crippen LogP) is 4.75. The lowest BCUT2D eigenvalue weighted by atomic mass is 10.2. The molecule has 1 rings (SSSR count). The number of hydrogen-bond donors (Lipinski definition) is 0. The third-order valence-corrected chi connectivity index (χ3v) is 4.84. The Morgan fingerprint density at radius 3 is 2.26 bits per heavy atom. The van der Waals surface area contributed by atoms with Crippen LogP contribution in [0.1, 0.15) is 25.7 Å². The number of amides is 1. The molecule has 0 aromatic heterocycles. The molecule has 19 heavy (non-hydrogen) atoms. The number of benzene rings is 1. The summed E-state index contributed by atoms with van der Waals surface area (Å²) in [6.45, 7) is 0. The zero-order chi connectivity index (χ0) is 13.9. The summed E-state index contributed by atoms with van der Waals surface area (Å²) in [5.74, 6) is 2.14. The van der Waals surface area contributed by atoms with Gasteiger partial charge in [-0.05, 0) is 30.7 Å². The van der Waals surface area contributed by atoms with Gasteiger partial charge in [-0.1, -0.05) is 42.8 Å². The molecule has 0 unspecified atom stereocenters. The van der Waals surface area contributed by atoms with E-state index in [1.54, 1.807) is 19.0 Å². The highest BCUT2D eigenvalue weighted by molar-refractivity contribution is 8.13. The van der Waals surface area contributed by atoms with Gasteiger partial charge in [0.05, 0.1) is 0 Å². The normalized spacial score (nSPS) is 10.4. The molecule has 0 spiro atoms. The second-order valence-corrected chi connectivity index (χ2v) is 6.80. The van der Waals surface area contributed by atoms with Crippen LogP contribution in [0.3, 0.4) is 0 Å². The van der Waals surface area contributed by atoms with Crippen LogP contribution in [0, 0.1) is 0 Å². The maximum atomic E-state index is 11.3.